The Bertz CT molecular complexity index is 256. The van der Waals surface area contributed by atoms with E-state index in [4.69, 9.17) is 10.5 Å². The van der Waals surface area contributed by atoms with Crippen molar-refractivity contribution < 1.29 is 9.53 Å². The maximum atomic E-state index is 12.0. The van der Waals surface area contributed by atoms with Crippen molar-refractivity contribution in [3.05, 3.63) is 0 Å². The fourth-order valence-electron chi connectivity index (χ4n) is 2.56. The van der Waals surface area contributed by atoms with Crippen LogP contribution in [0.25, 0.3) is 0 Å². The summed E-state index contributed by atoms with van der Waals surface area (Å²) < 4.78 is 5.09. The zero-order chi connectivity index (χ0) is 12.3. The van der Waals surface area contributed by atoms with Crippen LogP contribution in [0, 0.1) is 0 Å². The first kappa shape index (κ1) is 12.8. The topological polar surface area (TPSA) is 58.8 Å². The number of nitrogens with two attached hydrogens (primary N) is 1. The minimum absolute atomic E-state index is 0.0447. The minimum Gasteiger partial charge on any atom is -0.370 e. The zero-order valence-electron chi connectivity index (χ0n) is 10.6. The summed E-state index contributed by atoms with van der Waals surface area (Å²) in [5.74, 6) is 0.0447. The SMILES string of the molecule is COC(CN)C(=O)N1CCN(C2CCC2)CC1. The Labute approximate surface area is 103 Å². The standard InChI is InChI=1S/C12H23N3O2/c1-17-11(9-13)12(16)15-7-5-14(6-8-15)10-3-2-4-10/h10-11H,2-9,13H2,1H3. The lowest BCUT2D eigenvalue weighted by Crippen LogP contribution is -2.56. The Hall–Kier alpha value is -0.650. The lowest BCUT2D eigenvalue weighted by Gasteiger charge is -2.43. The summed E-state index contributed by atoms with van der Waals surface area (Å²) in [6, 6.07) is 0.778. The molecule has 2 aliphatic rings. The molecule has 1 unspecified atom stereocenters. The van der Waals surface area contributed by atoms with Crippen LogP contribution in [0.3, 0.4) is 0 Å². The summed E-state index contributed by atoms with van der Waals surface area (Å²) in [4.78, 5) is 16.4. The number of carbonyl (C=O) groups is 1. The maximum Gasteiger partial charge on any atom is 0.253 e. The molecule has 1 aliphatic heterocycles. The highest BCUT2D eigenvalue weighted by Gasteiger charge is 2.31. The number of hydrogen-bond donors (Lipinski definition) is 1. The van der Waals surface area contributed by atoms with E-state index in [-0.39, 0.29) is 12.5 Å². The van der Waals surface area contributed by atoms with Crippen LogP contribution in [-0.4, -0.2) is 67.7 Å². The van der Waals surface area contributed by atoms with E-state index in [1.165, 1.54) is 19.3 Å². The molecular weight excluding hydrogens is 218 g/mol. The van der Waals surface area contributed by atoms with Crippen molar-refractivity contribution in [1.29, 1.82) is 0 Å². The van der Waals surface area contributed by atoms with E-state index in [2.05, 4.69) is 4.90 Å². The summed E-state index contributed by atoms with van der Waals surface area (Å²) in [5.41, 5.74) is 5.51. The molecule has 17 heavy (non-hydrogen) atoms. The second kappa shape index (κ2) is 5.80. The third-order valence-electron chi connectivity index (χ3n) is 3.99. The average molecular weight is 241 g/mol. The second-order valence-electron chi connectivity index (χ2n) is 4.91. The Morgan fingerprint density at radius 1 is 1.35 bits per heavy atom. The summed E-state index contributed by atoms with van der Waals surface area (Å²) in [7, 11) is 1.54. The molecule has 1 atom stereocenters. The molecule has 1 aliphatic carbocycles. The minimum atomic E-state index is -0.467. The molecule has 1 saturated heterocycles. The van der Waals surface area contributed by atoms with Crippen LogP contribution >= 0.6 is 0 Å². The summed E-state index contributed by atoms with van der Waals surface area (Å²) >= 11 is 0. The molecule has 0 aromatic carbocycles. The van der Waals surface area contributed by atoms with Crippen molar-refractivity contribution in [3.63, 3.8) is 0 Å². The predicted molar refractivity (Wildman–Crippen MR) is 65.6 cm³/mol. The van der Waals surface area contributed by atoms with Gasteiger partial charge in [0.15, 0.2) is 0 Å². The molecule has 5 nitrogen and oxygen atoms in total. The fourth-order valence-corrected chi connectivity index (χ4v) is 2.56. The molecule has 5 heteroatoms. The van der Waals surface area contributed by atoms with Crippen LogP contribution in [-0.2, 0) is 9.53 Å². The zero-order valence-corrected chi connectivity index (χ0v) is 10.6. The van der Waals surface area contributed by atoms with Gasteiger partial charge in [0.1, 0.15) is 6.10 Å². The smallest absolute Gasteiger partial charge is 0.253 e. The van der Waals surface area contributed by atoms with Gasteiger partial charge >= 0.3 is 0 Å². The highest BCUT2D eigenvalue weighted by molar-refractivity contribution is 5.81. The van der Waals surface area contributed by atoms with E-state index >= 15 is 0 Å². The van der Waals surface area contributed by atoms with Crippen molar-refractivity contribution in [2.24, 2.45) is 5.73 Å². The van der Waals surface area contributed by atoms with Gasteiger partial charge in [-0.1, -0.05) is 6.42 Å². The number of rotatable bonds is 4. The molecule has 0 radical (unpaired) electrons. The summed E-state index contributed by atoms with van der Waals surface area (Å²) in [6.07, 6.45) is 3.56. The van der Waals surface area contributed by atoms with E-state index in [1.54, 1.807) is 7.11 Å². The molecule has 2 fully saturated rings. The van der Waals surface area contributed by atoms with Gasteiger partial charge in [-0.25, -0.2) is 0 Å². The van der Waals surface area contributed by atoms with Gasteiger partial charge in [0.25, 0.3) is 5.91 Å². The highest BCUT2D eigenvalue weighted by Crippen LogP contribution is 2.25. The molecule has 1 amide bonds. The van der Waals surface area contributed by atoms with Crippen molar-refractivity contribution in [1.82, 2.24) is 9.80 Å². The Kier molecular flexibility index (Phi) is 4.36. The highest BCUT2D eigenvalue weighted by atomic mass is 16.5. The average Bonchev–Trinajstić information content (AvgIpc) is 2.29. The number of amides is 1. The lowest BCUT2D eigenvalue weighted by atomic mass is 9.91. The largest absolute Gasteiger partial charge is 0.370 e. The molecule has 2 rings (SSSR count). The molecule has 98 valence electrons. The Morgan fingerprint density at radius 2 is 2.00 bits per heavy atom. The van der Waals surface area contributed by atoms with Gasteiger partial charge in [-0.3, -0.25) is 9.69 Å². The predicted octanol–water partition coefficient (Wildman–Crippen LogP) is -0.343. The Morgan fingerprint density at radius 3 is 2.41 bits per heavy atom. The number of ether oxygens (including phenoxy) is 1. The number of carbonyl (C=O) groups excluding carboxylic acids is 1. The van der Waals surface area contributed by atoms with Crippen LogP contribution in [0.1, 0.15) is 19.3 Å². The van der Waals surface area contributed by atoms with Crippen LogP contribution < -0.4 is 5.73 Å². The van der Waals surface area contributed by atoms with Gasteiger partial charge in [-0.15, -0.1) is 0 Å². The first-order valence-corrected chi connectivity index (χ1v) is 6.52. The van der Waals surface area contributed by atoms with Crippen molar-refractivity contribution in [2.75, 3.05) is 39.8 Å². The second-order valence-corrected chi connectivity index (χ2v) is 4.91. The van der Waals surface area contributed by atoms with E-state index < -0.39 is 6.10 Å². The van der Waals surface area contributed by atoms with Crippen LogP contribution in [0.2, 0.25) is 0 Å². The van der Waals surface area contributed by atoms with Gasteiger partial charge < -0.3 is 15.4 Å². The van der Waals surface area contributed by atoms with E-state index in [1.807, 2.05) is 4.90 Å². The van der Waals surface area contributed by atoms with Gasteiger partial charge in [-0.05, 0) is 12.8 Å². The molecule has 0 bridgehead atoms. The van der Waals surface area contributed by atoms with Gasteiger partial charge in [0.05, 0.1) is 0 Å². The van der Waals surface area contributed by atoms with E-state index in [9.17, 15) is 4.79 Å². The number of methoxy groups -OCH3 is 1. The molecule has 2 N–H and O–H groups in total. The number of piperazine rings is 1. The van der Waals surface area contributed by atoms with Crippen LogP contribution in [0.15, 0.2) is 0 Å². The molecule has 1 saturated carbocycles. The maximum absolute atomic E-state index is 12.0. The summed E-state index contributed by atoms with van der Waals surface area (Å²) in [6.45, 7) is 3.89. The van der Waals surface area contributed by atoms with Crippen molar-refractivity contribution in [2.45, 2.75) is 31.4 Å². The first-order valence-electron chi connectivity index (χ1n) is 6.52. The van der Waals surface area contributed by atoms with Crippen LogP contribution in [0.4, 0.5) is 0 Å². The van der Waals surface area contributed by atoms with Gasteiger partial charge in [0, 0.05) is 45.9 Å². The monoisotopic (exact) mass is 241 g/mol. The third kappa shape index (κ3) is 2.78. The quantitative estimate of drug-likeness (QED) is 0.731. The lowest BCUT2D eigenvalue weighted by molar-refractivity contribution is -0.143. The Balaban J connectivity index is 1.79. The molecular formula is C12H23N3O2. The van der Waals surface area contributed by atoms with Crippen molar-refractivity contribution in [3.8, 4) is 0 Å². The van der Waals surface area contributed by atoms with Gasteiger partial charge in [-0.2, -0.15) is 0 Å². The molecule has 0 aromatic rings. The third-order valence-corrected chi connectivity index (χ3v) is 3.99. The number of hydrogen-bond acceptors (Lipinski definition) is 4. The first-order chi connectivity index (χ1) is 8.26. The fraction of sp³-hybridized carbons (Fsp3) is 0.917. The van der Waals surface area contributed by atoms with Gasteiger partial charge in [0.2, 0.25) is 0 Å². The molecule has 0 spiro atoms. The van der Waals surface area contributed by atoms with E-state index in [0.717, 1.165) is 32.2 Å². The molecule has 0 aromatic heterocycles. The van der Waals surface area contributed by atoms with Crippen molar-refractivity contribution >= 4 is 5.91 Å². The van der Waals surface area contributed by atoms with E-state index in [0.29, 0.717) is 0 Å². The number of nitrogens with zero attached hydrogens (tertiary/aromatic N) is 2. The molecule has 1 heterocycles. The van der Waals surface area contributed by atoms with Crippen LogP contribution in [0.5, 0.6) is 0 Å². The summed E-state index contributed by atoms with van der Waals surface area (Å²) in [5, 5.41) is 0. The normalized spacial score (nSPS) is 24.5.